The first-order valence-electron chi connectivity index (χ1n) is 5.46. The topological polar surface area (TPSA) is 12.0 Å². The van der Waals surface area contributed by atoms with Crippen molar-refractivity contribution in [2.45, 2.75) is 18.7 Å². The molecule has 0 unspecified atom stereocenters. The maximum atomic E-state index is 4.37. The molecule has 2 heteroatoms. The molecule has 0 aromatic heterocycles. The van der Waals surface area contributed by atoms with Crippen molar-refractivity contribution >= 4 is 24.0 Å². The Bertz CT molecular complexity index is 412. The van der Waals surface area contributed by atoms with Crippen molar-refractivity contribution in [2.24, 2.45) is 0 Å². The van der Waals surface area contributed by atoms with Gasteiger partial charge in [-0.3, -0.25) is 0 Å². The van der Waals surface area contributed by atoms with Crippen LogP contribution < -0.4 is 5.32 Å². The first-order valence-corrected chi connectivity index (χ1v) is 5.91. The van der Waals surface area contributed by atoms with E-state index in [1.165, 1.54) is 0 Å². The Morgan fingerprint density at radius 3 is 2.00 bits per heavy atom. The Labute approximate surface area is 103 Å². The normalized spacial score (nSPS) is 8.94. The van der Waals surface area contributed by atoms with E-state index in [9.17, 15) is 0 Å². The van der Waals surface area contributed by atoms with E-state index in [1.807, 2.05) is 68.4 Å². The number of thiol groups is 1. The maximum Gasteiger partial charge on any atom is 0.0519 e. The van der Waals surface area contributed by atoms with Gasteiger partial charge in [-0.15, -0.1) is 12.6 Å². The van der Waals surface area contributed by atoms with Crippen LogP contribution in [-0.4, -0.2) is 0 Å². The van der Waals surface area contributed by atoms with E-state index in [2.05, 4.69) is 17.9 Å². The SMILES string of the molecule is CC.Sc1ccccc1Nc1ccccc1. The maximum absolute atomic E-state index is 4.37. The van der Waals surface area contributed by atoms with Crippen LogP contribution in [-0.2, 0) is 0 Å². The van der Waals surface area contributed by atoms with Crippen molar-refractivity contribution in [1.29, 1.82) is 0 Å². The number of nitrogens with one attached hydrogen (secondary N) is 1. The van der Waals surface area contributed by atoms with E-state index < -0.39 is 0 Å². The molecule has 2 aromatic rings. The third-order valence-corrected chi connectivity index (χ3v) is 2.35. The molecule has 1 nitrogen and oxygen atoms in total. The fourth-order valence-corrected chi connectivity index (χ4v) is 1.47. The summed E-state index contributed by atoms with van der Waals surface area (Å²) in [6.45, 7) is 4.00. The van der Waals surface area contributed by atoms with Gasteiger partial charge in [0.2, 0.25) is 0 Å². The summed E-state index contributed by atoms with van der Waals surface area (Å²) >= 11 is 4.37. The predicted molar refractivity (Wildman–Crippen MR) is 74.8 cm³/mol. The lowest BCUT2D eigenvalue weighted by molar-refractivity contribution is 1.42. The van der Waals surface area contributed by atoms with Crippen LogP contribution in [0.1, 0.15) is 13.8 Å². The quantitative estimate of drug-likeness (QED) is 0.711. The van der Waals surface area contributed by atoms with Crippen LogP contribution in [0.5, 0.6) is 0 Å². The van der Waals surface area contributed by atoms with Crippen molar-refractivity contribution < 1.29 is 0 Å². The van der Waals surface area contributed by atoms with Crippen LogP contribution >= 0.6 is 12.6 Å². The molecule has 0 aliphatic rings. The summed E-state index contributed by atoms with van der Waals surface area (Å²) in [7, 11) is 0. The van der Waals surface area contributed by atoms with Crippen molar-refractivity contribution in [1.82, 2.24) is 0 Å². The highest BCUT2D eigenvalue weighted by atomic mass is 32.1. The van der Waals surface area contributed by atoms with Gasteiger partial charge in [-0.1, -0.05) is 44.2 Å². The molecule has 0 atom stereocenters. The van der Waals surface area contributed by atoms with Crippen molar-refractivity contribution in [3.63, 3.8) is 0 Å². The van der Waals surface area contributed by atoms with Crippen LogP contribution in [0, 0.1) is 0 Å². The minimum Gasteiger partial charge on any atom is -0.355 e. The molecule has 0 aliphatic carbocycles. The molecule has 0 radical (unpaired) electrons. The van der Waals surface area contributed by atoms with Gasteiger partial charge in [0, 0.05) is 10.6 Å². The molecule has 1 N–H and O–H groups in total. The highest BCUT2D eigenvalue weighted by molar-refractivity contribution is 7.80. The molecule has 0 saturated heterocycles. The first-order chi connectivity index (χ1) is 7.86. The lowest BCUT2D eigenvalue weighted by Gasteiger charge is -2.07. The number of rotatable bonds is 2. The summed E-state index contributed by atoms with van der Waals surface area (Å²) in [5.74, 6) is 0. The Kier molecular flexibility index (Phi) is 5.51. The first kappa shape index (κ1) is 12.7. The van der Waals surface area contributed by atoms with Gasteiger partial charge in [0.05, 0.1) is 5.69 Å². The van der Waals surface area contributed by atoms with E-state index in [0.717, 1.165) is 16.3 Å². The molecule has 2 aromatic carbocycles. The number of benzene rings is 2. The summed E-state index contributed by atoms with van der Waals surface area (Å²) in [6.07, 6.45) is 0. The van der Waals surface area contributed by atoms with E-state index >= 15 is 0 Å². The third kappa shape index (κ3) is 3.63. The minimum absolute atomic E-state index is 0.955. The Balaban J connectivity index is 0.000000606. The van der Waals surface area contributed by atoms with Gasteiger partial charge in [-0.05, 0) is 24.3 Å². The molecule has 0 aliphatic heterocycles. The Hall–Kier alpha value is -1.41. The van der Waals surface area contributed by atoms with E-state index in [4.69, 9.17) is 0 Å². The number of anilines is 2. The van der Waals surface area contributed by atoms with Crippen LogP contribution in [0.2, 0.25) is 0 Å². The second kappa shape index (κ2) is 6.96. The molecule has 0 fully saturated rings. The van der Waals surface area contributed by atoms with E-state index in [1.54, 1.807) is 0 Å². The van der Waals surface area contributed by atoms with Gasteiger partial charge in [-0.25, -0.2) is 0 Å². The fourth-order valence-electron chi connectivity index (χ4n) is 1.26. The van der Waals surface area contributed by atoms with Gasteiger partial charge in [0.1, 0.15) is 0 Å². The zero-order chi connectivity index (χ0) is 11.8. The largest absolute Gasteiger partial charge is 0.355 e. The third-order valence-electron chi connectivity index (χ3n) is 1.96. The summed E-state index contributed by atoms with van der Waals surface area (Å²) < 4.78 is 0. The highest BCUT2D eigenvalue weighted by Gasteiger charge is 1.96. The van der Waals surface area contributed by atoms with Crippen LogP contribution in [0.4, 0.5) is 11.4 Å². The van der Waals surface area contributed by atoms with Crippen molar-refractivity contribution in [3.05, 3.63) is 54.6 Å². The van der Waals surface area contributed by atoms with Crippen LogP contribution in [0.3, 0.4) is 0 Å². The lowest BCUT2D eigenvalue weighted by Crippen LogP contribution is -1.90. The second-order valence-corrected chi connectivity index (χ2v) is 3.49. The molecule has 0 heterocycles. The number of hydrogen-bond acceptors (Lipinski definition) is 2. The Morgan fingerprint density at radius 2 is 1.38 bits per heavy atom. The minimum atomic E-state index is 0.955. The summed E-state index contributed by atoms with van der Waals surface area (Å²) in [5, 5.41) is 3.30. The zero-order valence-corrected chi connectivity index (χ0v) is 10.5. The van der Waals surface area contributed by atoms with Crippen molar-refractivity contribution in [3.8, 4) is 0 Å². The fraction of sp³-hybridized carbons (Fsp3) is 0.143. The van der Waals surface area contributed by atoms with Crippen LogP contribution in [0.15, 0.2) is 59.5 Å². The van der Waals surface area contributed by atoms with E-state index in [0.29, 0.717) is 0 Å². The number of hydrogen-bond donors (Lipinski definition) is 2. The smallest absolute Gasteiger partial charge is 0.0519 e. The van der Waals surface area contributed by atoms with Gasteiger partial charge in [-0.2, -0.15) is 0 Å². The molecule has 2 rings (SSSR count). The molecule has 16 heavy (non-hydrogen) atoms. The number of para-hydroxylation sites is 2. The summed E-state index contributed by atoms with van der Waals surface area (Å²) in [4.78, 5) is 0.955. The van der Waals surface area contributed by atoms with E-state index in [-0.39, 0.29) is 0 Å². The standard InChI is InChI=1S/C12H11NS.C2H6/c14-12-9-5-4-8-11(12)13-10-6-2-1-3-7-10;1-2/h1-9,13-14H;1-2H3. The monoisotopic (exact) mass is 231 g/mol. The zero-order valence-electron chi connectivity index (χ0n) is 9.64. The summed E-state index contributed by atoms with van der Waals surface area (Å²) in [6, 6.07) is 18.0. The summed E-state index contributed by atoms with van der Waals surface area (Å²) in [5.41, 5.74) is 2.11. The van der Waals surface area contributed by atoms with Crippen LogP contribution in [0.25, 0.3) is 0 Å². The molecular formula is C14H17NS. The molecular weight excluding hydrogens is 214 g/mol. The average Bonchev–Trinajstić information content (AvgIpc) is 2.36. The van der Waals surface area contributed by atoms with Crippen molar-refractivity contribution in [2.75, 3.05) is 5.32 Å². The Morgan fingerprint density at radius 1 is 0.812 bits per heavy atom. The van der Waals surface area contributed by atoms with Gasteiger partial charge >= 0.3 is 0 Å². The van der Waals surface area contributed by atoms with Gasteiger partial charge < -0.3 is 5.32 Å². The molecule has 0 amide bonds. The molecule has 0 spiro atoms. The average molecular weight is 231 g/mol. The molecule has 0 bridgehead atoms. The second-order valence-electron chi connectivity index (χ2n) is 3.01. The van der Waals surface area contributed by atoms with Gasteiger partial charge in [0.15, 0.2) is 0 Å². The molecule has 0 saturated carbocycles. The highest BCUT2D eigenvalue weighted by Crippen LogP contribution is 2.22. The molecule has 84 valence electrons. The van der Waals surface area contributed by atoms with Gasteiger partial charge in [0.25, 0.3) is 0 Å². The lowest BCUT2D eigenvalue weighted by atomic mass is 10.3. The predicted octanol–water partition coefficient (Wildman–Crippen LogP) is 4.75.